The number of halogens is 1. The number of carbonyl (C=O) groups is 1. The zero-order chi connectivity index (χ0) is 16.4. The number of nitrogens with one attached hydrogen (secondary N) is 1. The number of aryl methyl sites for hydroxylation is 1. The number of hydrogen-bond donors (Lipinski definition) is 1. The van der Waals surface area contributed by atoms with E-state index in [0.29, 0.717) is 21.1 Å². The van der Waals surface area contributed by atoms with Crippen molar-refractivity contribution in [1.29, 1.82) is 0 Å². The third kappa shape index (κ3) is 3.45. The van der Waals surface area contributed by atoms with Crippen LogP contribution in [0, 0.1) is 12.7 Å². The van der Waals surface area contributed by atoms with Gasteiger partial charge in [-0.15, -0.1) is 0 Å². The maximum Gasteiger partial charge on any atom is 0.230 e. The summed E-state index contributed by atoms with van der Waals surface area (Å²) in [5.41, 5.74) is 2.25. The first-order valence-corrected chi connectivity index (χ1v) is 7.72. The molecule has 3 aromatic rings. The molecule has 3 rings (SSSR count). The molecule has 2 heterocycles. The summed E-state index contributed by atoms with van der Waals surface area (Å²) in [6.07, 6.45) is 1.88. The first-order valence-electron chi connectivity index (χ1n) is 6.90. The molecule has 2 aromatic heterocycles. The van der Waals surface area contributed by atoms with Crippen LogP contribution in [0.4, 0.5) is 9.52 Å². The second-order valence-corrected chi connectivity index (χ2v) is 6.04. The third-order valence-corrected chi connectivity index (χ3v) is 4.15. The van der Waals surface area contributed by atoms with Crippen molar-refractivity contribution in [2.45, 2.75) is 13.3 Å². The van der Waals surface area contributed by atoms with Crippen LogP contribution in [0.5, 0.6) is 5.75 Å². The molecule has 23 heavy (non-hydrogen) atoms. The topological polar surface area (TPSA) is 64.1 Å². The lowest BCUT2D eigenvalue weighted by molar-refractivity contribution is -0.115. The Bertz CT molecular complexity index is 862. The highest BCUT2D eigenvalue weighted by Gasteiger charge is 2.13. The Hall–Kier alpha value is -2.54. The Balaban J connectivity index is 1.78. The number of hydrogen-bond acceptors (Lipinski definition) is 5. The van der Waals surface area contributed by atoms with E-state index in [2.05, 4.69) is 15.3 Å². The fourth-order valence-electron chi connectivity index (χ4n) is 2.13. The van der Waals surface area contributed by atoms with Crippen molar-refractivity contribution in [3.63, 3.8) is 0 Å². The predicted molar refractivity (Wildman–Crippen MR) is 87.4 cm³/mol. The lowest BCUT2D eigenvalue weighted by Gasteiger charge is -2.02. The van der Waals surface area contributed by atoms with Crippen molar-refractivity contribution in [1.82, 2.24) is 9.97 Å². The largest absolute Gasteiger partial charge is 0.494 e. The van der Waals surface area contributed by atoms with Crippen LogP contribution >= 0.6 is 11.3 Å². The molecule has 7 heteroatoms. The monoisotopic (exact) mass is 331 g/mol. The van der Waals surface area contributed by atoms with Crippen LogP contribution in [0.3, 0.4) is 0 Å². The number of carbonyl (C=O) groups excluding carboxylic acids is 1. The van der Waals surface area contributed by atoms with Crippen LogP contribution in [0.15, 0.2) is 30.5 Å². The number of methoxy groups -OCH3 is 1. The van der Waals surface area contributed by atoms with Crippen molar-refractivity contribution >= 4 is 32.6 Å². The zero-order valence-corrected chi connectivity index (χ0v) is 13.4. The highest BCUT2D eigenvalue weighted by Crippen LogP contribution is 2.33. The standard InChI is InChI=1S/C16H14FN3O2S/c1-9-3-4-10(8-18-9)5-14(21)19-16-20-15-12(22-2)6-11(17)7-13(15)23-16/h3-4,6-8H,5H2,1-2H3,(H,19,20,21). The third-order valence-electron chi connectivity index (χ3n) is 3.23. The van der Waals surface area contributed by atoms with Crippen molar-refractivity contribution in [3.05, 3.63) is 47.5 Å². The van der Waals surface area contributed by atoms with Crippen molar-refractivity contribution in [3.8, 4) is 5.75 Å². The first-order chi connectivity index (χ1) is 11.0. The Labute approximate surface area is 136 Å². The summed E-state index contributed by atoms with van der Waals surface area (Å²) in [6.45, 7) is 1.89. The quantitative estimate of drug-likeness (QED) is 0.796. The summed E-state index contributed by atoms with van der Waals surface area (Å²) in [4.78, 5) is 20.5. The number of aromatic nitrogens is 2. The average molecular weight is 331 g/mol. The zero-order valence-electron chi connectivity index (χ0n) is 12.6. The first kappa shape index (κ1) is 15.4. The second kappa shape index (κ2) is 6.29. The smallest absolute Gasteiger partial charge is 0.230 e. The number of benzene rings is 1. The van der Waals surface area contributed by atoms with Crippen LogP contribution in [-0.4, -0.2) is 23.0 Å². The number of pyridine rings is 1. The molecule has 1 N–H and O–H groups in total. The fraction of sp³-hybridized carbons (Fsp3) is 0.188. The highest BCUT2D eigenvalue weighted by molar-refractivity contribution is 7.22. The summed E-state index contributed by atoms with van der Waals surface area (Å²) in [5, 5.41) is 3.14. The average Bonchev–Trinajstić information content (AvgIpc) is 2.90. The molecule has 1 amide bonds. The van der Waals surface area contributed by atoms with Crippen LogP contribution in [0.25, 0.3) is 10.2 Å². The lowest BCUT2D eigenvalue weighted by atomic mass is 10.2. The van der Waals surface area contributed by atoms with E-state index in [1.807, 2.05) is 19.1 Å². The maximum absolute atomic E-state index is 13.5. The van der Waals surface area contributed by atoms with E-state index in [4.69, 9.17) is 4.74 Å². The summed E-state index contributed by atoms with van der Waals surface area (Å²) in [6, 6.07) is 6.35. The van der Waals surface area contributed by atoms with Gasteiger partial charge in [0, 0.05) is 18.0 Å². The Kier molecular flexibility index (Phi) is 4.20. The molecule has 0 saturated carbocycles. The minimum atomic E-state index is -0.401. The maximum atomic E-state index is 13.5. The number of rotatable bonds is 4. The molecule has 0 spiro atoms. The van der Waals surface area contributed by atoms with Crippen molar-refractivity contribution < 1.29 is 13.9 Å². The molecule has 0 aliphatic carbocycles. The van der Waals surface area contributed by atoms with Gasteiger partial charge in [0.25, 0.3) is 0 Å². The van der Waals surface area contributed by atoms with Gasteiger partial charge in [0.05, 0.1) is 18.2 Å². The molecule has 5 nitrogen and oxygen atoms in total. The van der Waals surface area contributed by atoms with Gasteiger partial charge in [-0.05, 0) is 24.6 Å². The minimum absolute atomic E-state index is 0.200. The summed E-state index contributed by atoms with van der Waals surface area (Å²) < 4.78 is 19.2. The molecular formula is C16H14FN3O2S. The molecule has 118 valence electrons. The Morgan fingerprint density at radius 2 is 2.22 bits per heavy atom. The van der Waals surface area contributed by atoms with E-state index >= 15 is 0 Å². The van der Waals surface area contributed by atoms with Crippen LogP contribution in [0.1, 0.15) is 11.3 Å². The predicted octanol–water partition coefficient (Wildman–Crippen LogP) is 3.33. The number of nitrogens with zero attached hydrogens (tertiary/aromatic N) is 2. The van der Waals surface area contributed by atoms with Crippen LogP contribution in [-0.2, 0) is 11.2 Å². The van der Waals surface area contributed by atoms with Gasteiger partial charge < -0.3 is 10.1 Å². The molecule has 0 atom stereocenters. The van der Waals surface area contributed by atoms with Gasteiger partial charge >= 0.3 is 0 Å². The molecule has 1 aromatic carbocycles. The van der Waals surface area contributed by atoms with E-state index in [1.165, 1.54) is 30.6 Å². The van der Waals surface area contributed by atoms with Gasteiger partial charge in [-0.2, -0.15) is 0 Å². The van der Waals surface area contributed by atoms with Gasteiger partial charge in [-0.25, -0.2) is 9.37 Å². The molecule has 0 saturated heterocycles. The molecule has 0 radical (unpaired) electrons. The normalized spacial score (nSPS) is 10.7. The molecule has 0 aliphatic rings. The molecule has 0 fully saturated rings. The molecule has 0 aliphatic heterocycles. The van der Waals surface area contributed by atoms with E-state index < -0.39 is 5.82 Å². The van der Waals surface area contributed by atoms with E-state index in [0.717, 1.165) is 11.3 Å². The van der Waals surface area contributed by atoms with Crippen molar-refractivity contribution in [2.24, 2.45) is 0 Å². The lowest BCUT2D eigenvalue weighted by Crippen LogP contribution is -2.14. The minimum Gasteiger partial charge on any atom is -0.494 e. The molecule has 0 unspecified atom stereocenters. The summed E-state index contributed by atoms with van der Waals surface area (Å²) in [7, 11) is 1.45. The highest BCUT2D eigenvalue weighted by atomic mass is 32.1. The number of amides is 1. The Morgan fingerprint density at radius 1 is 1.39 bits per heavy atom. The number of fused-ring (bicyclic) bond motifs is 1. The van der Waals surface area contributed by atoms with Crippen molar-refractivity contribution in [2.75, 3.05) is 12.4 Å². The van der Waals surface area contributed by atoms with E-state index in [1.54, 1.807) is 6.20 Å². The molecule has 0 bridgehead atoms. The fourth-order valence-corrected chi connectivity index (χ4v) is 3.05. The van der Waals surface area contributed by atoms with Gasteiger partial charge in [0.15, 0.2) is 5.13 Å². The van der Waals surface area contributed by atoms with E-state index in [-0.39, 0.29) is 12.3 Å². The summed E-state index contributed by atoms with van der Waals surface area (Å²) in [5.74, 6) is -0.254. The number of anilines is 1. The van der Waals surface area contributed by atoms with Gasteiger partial charge in [-0.1, -0.05) is 17.4 Å². The number of ether oxygens (including phenoxy) is 1. The Morgan fingerprint density at radius 3 is 2.91 bits per heavy atom. The van der Waals surface area contributed by atoms with Gasteiger partial charge in [0.1, 0.15) is 17.1 Å². The van der Waals surface area contributed by atoms with Crippen LogP contribution < -0.4 is 10.1 Å². The summed E-state index contributed by atoms with van der Waals surface area (Å²) >= 11 is 1.20. The van der Waals surface area contributed by atoms with Crippen LogP contribution in [0.2, 0.25) is 0 Å². The van der Waals surface area contributed by atoms with Gasteiger partial charge in [0.2, 0.25) is 5.91 Å². The second-order valence-electron chi connectivity index (χ2n) is 5.01. The van der Waals surface area contributed by atoms with Gasteiger partial charge in [-0.3, -0.25) is 9.78 Å². The SMILES string of the molecule is COc1cc(F)cc2sc(NC(=O)Cc3ccc(C)nc3)nc12. The van der Waals surface area contributed by atoms with E-state index in [9.17, 15) is 9.18 Å². The molecular weight excluding hydrogens is 317 g/mol. The number of thiazole rings is 1.